The predicted molar refractivity (Wildman–Crippen MR) is 96.9 cm³/mol. The highest BCUT2D eigenvalue weighted by atomic mass is 79.9. The molecule has 23 heavy (non-hydrogen) atoms. The van der Waals surface area contributed by atoms with E-state index in [1.807, 2.05) is 23.6 Å². The summed E-state index contributed by atoms with van der Waals surface area (Å²) in [6, 6.07) is 8.77. The van der Waals surface area contributed by atoms with Gasteiger partial charge in [0.15, 0.2) is 6.61 Å². The first-order chi connectivity index (χ1) is 11.0. The van der Waals surface area contributed by atoms with Crippen LogP contribution >= 0.6 is 43.2 Å². The number of amides is 3. The summed E-state index contributed by atoms with van der Waals surface area (Å²) in [5.41, 5.74) is 0. The summed E-state index contributed by atoms with van der Waals surface area (Å²) in [7, 11) is 0. The van der Waals surface area contributed by atoms with Crippen molar-refractivity contribution in [3.8, 4) is 5.75 Å². The van der Waals surface area contributed by atoms with Gasteiger partial charge in [0.2, 0.25) is 0 Å². The Morgan fingerprint density at radius 1 is 1.22 bits per heavy atom. The summed E-state index contributed by atoms with van der Waals surface area (Å²) < 4.78 is 6.98. The lowest BCUT2D eigenvalue weighted by molar-refractivity contribution is -0.122. The van der Waals surface area contributed by atoms with Gasteiger partial charge in [0.25, 0.3) is 5.91 Å². The Labute approximate surface area is 154 Å². The van der Waals surface area contributed by atoms with Crippen LogP contribution in [0.2, 0.25) is 0 Å². The molecule has 0 fully saturated rings. The Bertz CT molecular complexity index is 677. The number of thiophene rings is 1. The maximum Gasteiger partial charge on any atom is 0.321 e. The lowest BCUT2D eigenvalue weighted by atomic mass is 10.3. The molecule has 8 heteroatoms. The van der Waals surface area contributed by atoms with Crippen molar-refractivity contribution in [1.29, 1.82) is 0 Å². The van der Waals surface area contributed by atoms with Crippen LogP contribution in [0.25, 0.3) is 0 Å². The van der Waals surface area contributed by atoms with Crippen molar-refractivity contribution in [3.05, 3.63) is 49.5 Å². The number of carbonyl (C=O) groups excluding carboxylic acids is 2. The van der Waals surface area contributed by atoms with Gasteiger partial charge in [0, 0.05) is 15.9 Å². The summed E-state index contributed by atoms with van der Waals surface area (Å²) in [5, 5.41) is 6.84. The molecule has 0 atom stereocenters. The molecule has 0 aliphatic heterocycles. The lowest BCUT2D eigenvalue weighted by Gasteiger charge is -2.09. The number of carbonyl (C=O) groups is 2. The molecule has 122 valence electrons. The number of hydrogen-bond donors (Lipinski definition) is 2. The maximum atomic E-state index is 11.7. The second-order valence-corrected chi connectivity index (χ2v) is 7.30. The van der Waals surface area contributed by atoms with Gasteiger partial charge in [-0.2, -0.15) is 0 Å². The molecule has 0 saturated carbocycles. The van der Waals surface area contributed by atoms with Crippen molar-refractivity contribution in [3.63, 3.8) is 0 Å². The van der Waals surface area contributed by atoms with Crippen LogP contribution in [-0.4, -0.2) is 25.1 Å². The summed E-state index contributed by atoms with van der Waals surface area (Å²) in [6.07, 6.45) is 0.738. The van der Waals surface area contributed by atoms with Crippen LogP contribution in [0.5, 0.6) is 5.75 Å². The highest BCUT2D eigenvalue weighted by Crippen LogP contribution is 2.27. The summed E-state index contributed by atoms with van der Waals surface area (Å²) >= 11 is 8.30. The van der Waals surface area contributed by atoms with Gasteiger partial charge < -0.3 is 10.1 Å². The third kappa shape index (κ3) is 6.32. The van der Waals surface area contributed by atoms with Crippen LogP contribution in [0, 0.1) is 0 Å². The standard InChI is InChI=1S/C15H14Br2N2O3S/c16-10-3-4-13(12(17)8-10)22-9-14(20)19-15(21)18-6-5-11-2-1-7-23-11/h1-4,7-8H,5-6,9H2,(H2,18,19,20,21). The van der Waals surface area contributed by atoms with Crippen LogP contribution < -0.4 is 15.4 Å². The molecule has 0 bridgehead atoms. The number of halogens is 2. The van der Waals surface area contributed by atoms with Crippen LogP contribution in [0.15, 0.2) is 44.7 Å². The van der Waals surface area contributed by atoms with E-state index >= 15 is 0 Å². The summed E-state index contributed by atoms with van der Waals surface area (Å²) in [6.45, 7) is 0.233. The fraction of sp³-hybridized carbons (Fsp3) is 0.200. The molecule has 0 aliphatic carbocycles. The van der Waals surface area contributed by atoms with Crippen molar-refractivity contribution in [1.82, 2.24) is 10.6 Å². The van der Waals surface area contributed by atoms with Gasteiger partial charge in [-0.05, 0) is 52.0 Å². The minimum atomic E-state index is -0.523. The fourth-order valence-corrected chi connectivity index (χ4v) is 3.57. The Balaban J connectivity index is 1.68. The Morgan fingerprint density at radius 3 is 2.74 bits per heavy atom. The molecule has 2 rings (SSSR count). The SMILES string of the molecule is O=C(COc1ccc(Br)cc1Br)NC(=O)NCCc1cccs1. The average molecular weight is 462 g/mol. The lowest BCUT2D eigenvalue weighted by Crippen LogP contribution is -2.42. The molecular weight excluding hydrogens is 448 g/mol. The van der Waals surface area contributed by atoms with Gasteiger partial charge in [-0.25, -0.2) is 4.79 Å². The van der Waals surface area contributed by atoms with Crippen molar-refractivity contribution in [2.24, 2.45) is 0 Å². The molecule has 0 spiro atoms. The van der Waals surface area contributed by atoms with E-state index in [4.69, 9.17) is 4.74 Å². The molecule has 1 aromatic heterocycles. The molecule has 0 aliphatic rings. The van der Waals surface area contributed by atoms with E-state index in [2.05, 4.69) is 42.5 Å². The minimum absolute atomic E-state index is 0.238. The van der Waals surface area contributed by atoms with Crippen LogP contribution in [0.4, 0.5) is 4.79 Å². The van der Waals surface area contributed by atoms with Crippen molar-refractivity contribution < 1.29 is 14.3 Å². The minimum Gasteiger partial charge on any atom is -0.483 e. The van der Waals surface area contributed by atoms with Crippen molar-refractivity contribution in [2.45, 2.75) is 6.42 Å². The van der Waals surface area contributed by atoms with Gasteiger partial charge in [0.1, 0.15) is 5.75 Å². The summed E-state index contributed by atoms with van der Waals surface area (Å²) in [4.78, 5) is 24.5. The van der Waals surface area contributed by atoms with E-state index in [0.29, 0.717) is 12.3 Å². The second-order valence-electron chi connectivity index (χ2n) is 4.50. The number of nitrogens with one attached hydrogen (secondary N) is 2. The molecular formula is C15H14Br2N2O3S. The van der Waals surface area contributed by atoms with Gasteiger partial charge in [-0.15, -0.1) is 11.3 Å². The maximum absolute atomic E-state index is 11.7. The largest absolute Gasteiger partial charge is 0.483 e. The molecule has 1 aromatic carbocycles. The van der Waals surface area contributed by atoms with Crippen LogP contribution in [0.1, 0.15) is 4.88 Å². The zero-order valence-electron chi connectivity index (χ0n) is 12.0. The van der Waals surface area contributed by atoms with Crippen LogP contribution in [0.3, 0.4) is 0 Å². The number of benzene rings is 1. The Kier molecular flexibility index (Phi) is 7.07. The molecule has 0 unspecified atom stereocenters. The number of imide groups is 1. The highest BCUT2D eigenvalue weighted by molar-refractivity contribution is 9.11. The summed E-state index contributed by atoms with van der Waals surface area (Å²) in [5.74, 6) is 0.0231. The molecule has 0 saturated heterocycles. The molecule has 2 N–H and O–H groups in total. The molecule has 0 radical (unpaired) electrons. The van der Waals surface area contributed by atoms with E-state index in [1.165, 1.54) is 4.88 Å². The topological polar surface area (TPSA) is 67.4 Å². The quantitative estimate of drug-likeness (QED) is 0.688. The number of hydrogen-bond acceptors (Lipinski definition) is 4. The Hall–Kier alpha value is -1.38. The van der Waals surface area contributed by atoms with Gasteiger partial charge in [0.05, 0.1) is 4.47 Å². The van der Waals surface area contributed by atoms with E-state index in [1.54, 1.807) is 23.5 Å². The fourth-order valence-electron chi connectivity index (χ4n) is 1.70. The average Bonchev–Trinajstić information content (AvgIpc) is 2.99. The second kappa shape index (κ2) is 9.05. The van der Waals surface area contributed by atoms with E-state index in [-0.39, 0.29) is 6.61 Å². The third-order valence-electron chi connectivity index (χ3n) is 2.74. The third-order valence-corrected chi connectivity index (χ3v) is 4.79. The highest BCUT2D eigenvalue weighted by Gasteiger charge is 2.09. The van der Waals surface area contributed by atoms with E-state index < -0.39 is 11.9 Å². The smallest absolute Gasteiger partial charge is 0.321 e. The first-order valence-electron chi connectivity index (χ1n) is 6.72. The van der Waals surface area contributed by atoms with E-state index in [9.17, 15) is 9.59 Å². The zero-order chi connectivity index (χ0) is 16.7. The van der Waals surface area contributed by atoms with Gasteiger partial charge >= 0.3 is 6.03 Å². The zero-order valence-corrected chi connectivity index (χ0v) is 16.0. The predicted octanol–water partition coefficient (Wildman–Crippen LogP) is 3.72. The molecule has 1 heterocycles. The number of urea groups is 1. The van der Waals surface area contributed by atoms with Crippen molar-refractivity contribution >= 4 is 55.1 Å². The van der Waals surface area contributed by atoms with Crippen LogP contribution in [-0.2, 0) is 11.2 Å². The number of ether oxygens (including phenoxy) is 1. The molecule has 2 aromatic rings. The first-order valence-corrected chi connectivity index (χ1v) is 9.19. The monoisotopic (exact) mass is 460 g/mol. The number of rotatable bonds is 6. The molecule has 5 nitrogen and oxygen atoms in total. The Morgan fingerprint density at radius 2 is 2.04 bits per heavy atom. The normalized spacial score (nSPS) is 10.2. The van der Waals surface area contributed by atoms with Gasteiger partial charge in [-0.1, -0.05) is 22.0 Å². The van der Waals surface area contributed by atoms with Gasteiger partial charge in [-0.3, -0.25) is 10.1 Å². The molecule has 3 amide bonds. The first kappa shape index (κ1) is 18.0. The van der Waals surface area contributed by atoms with E-state index in [0.717, 1.165) is 15.4 Å². The van der Waals surface area contributed by atoms with Crippen molar-refractivity contribution in [2.75, 3.05) is 13.2 Å².